The number of aliphatic hydroxyl groups is 1. The molecule has 1 atom stereocenters. The zero-order chi connectivity index (χ0) is 18.1. The van der Waals surface area contributed by atoms with Crippen molar-refractivity contribution in [1.29, 1.82) is 0 Å². The molecule has 2 nitrogen and oxygen atoms in total. The second-order valence-electron chi connectivity index (χ2n) is 5.30. The van der Waals surface area contributed by atoms with E-state index in [0.717, 1.165) is 22.4 Å². The van der Waals surface area contributed by atoms with Gasteiger partial charge in [-0.1, -0.05) is 80.0 Å². The van der Waals surface area contributed by atoms with Crippen LogP contribution in [0, 0.1) is 0 Å². The van der Waals surface area contributed by atoms with Gasteiger partial charge in [-0.05, 0) is 41.0 Å². The van der Waals surface area contributed by atoms with E-state index in [0.29, 0.717) is 11.6 Å². The van der Waals surface area contributed by atoms with Gasteiger partial charge in [-0.2, -0.15) is 0 Å². The van der Waals surface area contributed by atoms with Crippen LogP contribution in [0.1, 0.15) is 36.6 Å². The van der Waals surface area contributed by atoms with Crippen LogP contribution in [0.5, 0.6) is 5.75 Å². The Hall–Kier alpha value is -2.29. The topological polar surface area (TPSA) is 29.5 Å². The van der Waals surface area contributed by atoms with Crippen molar-refractivity contribution in [2.45, 2.75) is 26.6 Å². The van der Waals surface area contributed by atoms with Gasteiger partial charge in [-0.25, -0.2) is 0 Å². The zero-order valence-electron chi connectivity index (χ0n) is 14.5. The van der Waals surface area contributed by atoms with Crippen LogP contribution in [-0.4, -0.2) is 5.11 Å². The summed E-state index contributed by atoms with van der Waals surface area (Å²) < 4.78 is 5.81. The number of rotatable bonds is 5. The maximum Gasteiger partial charge on any atom is 0.120 e. The quantitative estimate of drug-likeness (QED) is 0.606. The fourth-order valence-electron chi connectivity index (χ4n) is 2.38. The molecule has 0 fully saturated rings. The standard InChI is InChI=1S/C20H17ClO2.C2H6/c21-18-10-4-8-16(12-18)20(22)17-9-5-11-19(13-17)23-14-15-6-2-1-3-7-15;1-2/h1-13,20,22H,14H2;1-2H3. The second-order valence-corrected chi connectivity index (χ2v) is 5.74. The van der Waals surface area contributed by atoms with Gasteiger partial charge in [-0.3, -0.25) is 0 Å². The van der Waals surface area contributed by atoms with Crippen LogP contribution < -0.4 is 4.74 Å². The molecule has 0 aliphatic carbocycles. The molecule has 1 N–H and O–H groups in total. The van der Waals surface area contributed by atoms with Gasteiger partial charge in [0.15, 0.2) is 0 Å². The van der Waals surface area contributed by atoms with Gasteiger partial charge in [0.05, 0.1) is 0 Å². The van der Waals surface area contributed by atoms with E-state index in [-0.39, 0.29) is 0 Å². The summed E-state index contributed by atoms with van der Waals surface area (Å²) in [5, 5.41) is 11.1. The Morgan fingerprint density at radius 2 is 1.48 bits per heavy atom. The number of hydrogen-bond donors (Lipinski definition) is 1. The van der Waals surface area contributed by atoms with E-state index in [4.69, 9.17) is 16.3 Å². The first-order valence-corrected chi connectivity index (χ1v) is 8.80. The summed E-state index contributed by atoms with van der Waals surface area (Å²) >= 11 is 5.99. The van der Waals surface area contributed by atoms with Gasteiger partial charge in [0.2, 0.25) is 0 Å². The smallest absolute Gasteiger partial charge is 0.120 e. The molecule has 0 spiro atoms. The molecular weight excluding hydrogens is 332 g/mol. The van der Waals surface area contributed by atoms with E-state index in [1.165, 1.54) is 0 Å². The van der Waals surface area contributed by atoms with Crippen LogP contribution in [0.4, 0.5) is 0 Å². The third-order valence-electron chi connectivity index (χ3n) is 3.59. The fourth-order valence-corrected chi connectivity index (χ4v) is 2.58. The van der Waals surface area contributed by atoms with Crippen LogP contribution in [0.3, 0.4) is 0 Å². The molecule has 0 radical (unpaired) electrons. The maximum atomic E-state index is 10.5. The van der Waals surface area contributed by atoms with Crippen LogP contribution in [0.2, 0.25) is 5.02 Å². The Bertz CT molecular complexity index is 772. The van der Waals surface area contributed by atoms with Crippen LogP contribution in [0.25, 0.3) is 0 Å². The summed E-state index contributed by atoms with van der Waals surface area (Å²) in [4.78, 5) is 0. The Labute approximate surface area is 154 Å². The predicted molar refractivity (Wildman–Crippen MR) is 104 cm³/mol. The van der Waals surface area contributed by atoms with Crippen LogP contribution in [0.15, 0.2) is 78.9 Å². The fraction of sp³-hybridized carbons (Fsp3) is 0.182. The van der Waals surface area contributed by atoms with Crippen molar-refractivity contribution in [3.05, 3.63) is 101 Å². The molecule has 3 heteroatoms. The Morgan fingerprint density at radius 3 is 2.16 bits per heavy atom. The molecule has 0 aromatic heterocycles. The summed E-state index contributed by atoms with van der Waals surface area (Å²) in [6, 6.07) is 24.7. The third-order valence-corrected chi connectivity index (χ3v) is 3.82. The second kappa shape index (κ2) is 9.87. The van der Waals surface area contributed by atoms with E-state index in [1.807, 2.05) is 80.6 Å². The molecule has 130 valence electrons. The molecule has 3 rings (SSSR count). The molecule has 0 aliphatic heterocycles. The zero-order valence-corrected chi connectivity index (χ0v) is 15.3. The Balaban J connectivity index is 0.00000109. The molecule has 3 aromatic rings. The maximum absolute atomic E-state index is 10.5. The molecule has 3 aromatic carbocycles. The molecule has 0 amide bonds. The number of hydrogen-bond acceptors (Lipinski definition) is 2. The van der Waals surface area contributed by atoms with Crippen molar-refractivity contribution in [3.8, 4) is 5.75 Å². The van der Waals surface area contributed by atoms with Crippen molar-refractivity contribution in [1.82, 2.24) is 0 Å². The van der Waals surface area contributed by atoms with Crippen molar-refractivity contribution in [3.63, 3.8) is 0 Å². The highest BCUT2D eigenvalue weighted by Crippen LogP contribution is 2.27. The number of ether oxygens (including phenoxy) is 1. The lowest BCUT2D eigenvalue weighted by Crippen LogP contribution is -2.01. The number of aliphatic hydroxyl groups excluding tert-OH is 1. The largest absolute Gasteiger partial charge is 0.489 e. The lowest BCUT2D eigenvalue weighted by molar-refractivity contribution is 0.219. The van der Waals surface area contributed by atoms with Crippen LogP contribution >= 0.6 is 11.6 Å². The highest BCUT2D eigenvalue weighted by Gasteiger charge is 2.11. The average Bonchev–Trinajstić information content (AvgIpc) is 2.68. The minimum atomic E-state index is -0.728. The Kier molecular flexibility index (Phi) is 7.52. The summed E-state index contributed by atoms with van der Waals surface area (Å²) in [5.74, 6) is 0.729. The normalized spacial score (nSPS) is 11.2. The molecule has 0 bridgehead atoms. The van der Waals surface area contributed by atoms with Crippen molar-refractivity contribution in [2.24, 2.45) is 0 Å². The average molecular weight is 355 g/mol. The molecular formula is C22H23ClO2. The summed E-state index contributed by atoms with van der Waals surface area (Å²) in [7, 11) is 0. The highest BCUT2D eigenvalue weighted by atomic mass is 35.5. The van der Waals surface area contributed by atoms with Gasteiger partial charge >= 0.3 is 0 Å². The highest BCUT2D eigenvalue weighted by molar-refractivity contribution is 6.30. The van der Waals surface area contributed by atoms with Crippen molar-refractivity contribution < 1.29 is 9.84 Å². The summed E-state index contributed by atoms with van der Waals surface area (Å²) in [6.45, 7) is 4.50. The molecule has 0 heterocycles. The molecule has 0 aliphatic rings. The van der Waals surface area contributed by atoms with E-state index in [2.05, 4.69) is 0 Å². The van der Waals surface area contributed by atoms with E-state index in [9.17, 15) is 5.11 Å². The monoisotopic (exact) mass is 354 g/mol. The lowest BCUT2D eigenvalue weighted by Gasteiger charge is -2.14. The molecule has 0 saturated carbocycles. The third kappa shape index (κ3) is 5.63. The van der Waals surface area contributed by atoms with Gasteiger partial charge in [0.1, 0.15) is 18.5 Å². The van der Waals surface area contributed by atoms with E-state index < -0.39 is 6.10 Å². The Morgan fingerprint density at radius 1 is 0.840 bits per heavy atom. The van der Waals surface area contributed by atoms with Gasteiger partial charge in [0.25, 0.3) is 0 Å². The summed E-state index contributed by atoms with van der Waals surface area (Å²) in [6.07, 6.45) is -0.728. The van der Waals surface area contributed by atoms with E-state index >= 15 is 0 Å². The first kappa shape index (κ1) is 19.0. The van der Waals surface area contributed by atoms with Crippen molar-refractivity contribution >= 4 is 11.6 Å². The molecule has 25 heavy (non-hydrogen) atoms. The molecule has 0 saturated heterocycles. The first-order chi connectivity index (χ1) is 12.2. The van der Waals surface area contributed by atoms with E-state index in [1.54, 1.807) is 12.1 Å². The lowest BCUT2D eigenvalue weighted by atomic mass is 10.0. The van der Waals surface area contributed by atoms with Crippen LogP contribution in [-0.2, 0) is 6.61 Å². The van der Waals surface area contributed by atoms with Gasteiger partial charge < -0.3 is 9.84 Å². The number of halogens is 1. The van der Waals surface area contributed by atoms with Gasteiger partial charge in [-0.15, -0.1) is 0 Å². The summed E-state index contributed by atoms with van der Waals surface area (Å²) in [5.41, 5.74) is 2.64. The number of benzene rings is 3. The predicted octanol–water partition coefficient (Wildman–Crippen LogP) is 6.03. The first-order valence-electron chi connectivity index (χ1n) is 8.42. The molecule has 1 unspecified atom stereocenters. The minimum absolute atomic E-state index is 0.498. The van der Waals surface area contributed by atoms with Crippen molar-refractivity contribution in [2.75, 3.05) is 0 Å². The van der Waals surface area contributed by atoms with Gasteiger partial charge in [0, 0.05) is 5.02 Å². The minimum Gasteiger partial charge on any atom is -0.489 e. The SMILES string of the molecule is CC.OC(c1cccc(Cl)c1)c1cccc(OCc2ccccc2)c1.